The van der Waals surface area contributed by atoms with Crippen LogP contribution < -0.4 is 10.6 Å². The van der Waals surface area contributed by atoms with Crippen molar-refractivity contribution < 1.29 is 0 Å². The van der Waals surface area contributed by atoms with E-state index in [-0.39, 0.29) is 0 Å². The maximum absolute atomic E-state index is 4.01. The predicted molar refractivity (Wildman–Crippen MR) is 89.6 cm³/mol. The topological polar surface area (TPSA) is 49.8 Å². The molecule has 3 rings (SSSR count). The summed E-state index contributed by atoms with van der Waals surface area (Å²) in [6, 6.07) is 16.4. The Morgan fingerprint density at radius 2 is 1.09 bits per heavy atom. The monoisotopic (exact) mass is 290 g/mol. The van der Waals surface area contributed by atoms with Crippen LogP contribution in [0.5, 0.6) is 0 Å². The Morgan fingerprint density at radius 1 is 0.636 bits per heavy atom. The summed E-state index contributed by atoms with van der Waals surface area (Å²) in [5.74, 6) is 0. The van der Waals surface area contributed by atoms with E-state index in [0.717, 1.165) is 24.5 Å². The van der Waals surface area contributed by atoms with Gasteiger partial charge in [0.05, 0.1) is 0 Å². The van der Waals surface area contributed by atoms with Crippen LogP contribution in [0.3, 0.4) is 0 Å². The number of nitrogens with one attached hydrogen (secondary N) is 2. The zero-order valence-corrected chi connectivity index (χ0v) is 12.2. The lowest BCUT2D eigenvalue weighted by molar-refractivity contribution is 1.09. The highest BCUT2D eigenvalue weighted by Crippen LogP contribution is 2.11. The second-order valence-corrected chi connectivity index (χ2v) is 5.00. The number of benzene rings is 1. The fourth-order valence-corrected chi connectivity index (χ4v) is 2.20. The van der Waals surface area contributed by atoms with Crippen molar-refractivity contribution in [2.75, 3.05) is 10.6 Å². The molecule has 0 amide bonds. The maximum atomic E-state index is 4.01. The summed E-state index contributed by atoms with van der Waals surface area (Å²) in [6.07, 6.45) is 7.16. The highest BCUT2D eigenvalue weighted by Gasteiger charge is 1.98. The predicted octanol–water partition coefficient (Wildman–Crippen LogP) is 3.70. The van der Waals surface area contributed by atoms with E-state index < -0.39 is 0 Å². The van der Waals surface area contributed by atoms with Crippen LogP contribution in [-0.4, -0.2) is 9.97 Å². The van der Waals surface area contributed by atoms with Gasteiger partial charge in [-0.2, -0.15) is 0 Å². The summed E-state index contributed by atoms with van der Waals surface area (Å²) in [5, 5.41) is 6.79. The lowest BCUT2D eigenvalue weighted by Gasteiger charge is -2.09. The Bertz CT molecular complexity index is 640. The SMILES string of the molecule is c1cc(CNc2ccncc2)cc(CNc2ccncc2)c1. The summed E-state index contributed by atoms with van der Waals surface area (Å²) in [7, 11) is 0. The minimum absolute atomic E-state index is 0.799. The average molecular weight is 290 g/mol. The third-order valence-corrected chi connectivity index (χ3v) is 3.35. The Kier molecular flexibility index (Phi) is 4.62. The molecular weight excluding hydrogens is 272 g/mol. The third-order valence-electron chi connectivity index (χ3n) is 3.35. The zero-order valence-electron chi connectivity index (χ0n) is 12.2. The fourth-order valence-electron chi connectivity index (χ4n) is 2.20. The first-order valence-electron chi connectivity index (χ1n) is 7.26. The van der Waals surface area contributed by atoms with Crippen LogP contribution in [0.4, 0.5) is 11.4 Å². The number of rotatable bonds is 6. The van der Waals surface area contributed by atoms with Crippen molar-refractivity contribution in [2.45, 2.75) is 13.1 Å². The number of hydrogen-bond donors (Lipinski definition) is 2. The van der Waals surface area contributed by atoms with Crippen molar-refractivity contribution in [1.29, 1.82) is 0 Å². The van der Waals surface area contributed by atoms with E-state index in [2.05, 4.69) is 44.9 Å². The highest BCUT2D eigenvalue weighted by atomic mass is 14.9. The van der Waals surface area contributed by atoms with Gasteiger partial charge in [0.25, 0.3) is 0 Å². The standard InChI is InChI=1S/C18H18N4/c1-2-15(13-21-17-4-8-19-9-5-17)12-16(3-1)14-22-18-6-10-20-11-7-18/h1-12H,13-14H2,(H,19,21)(H,20,22). The van der Waals surface area contributed by atoms with Gasteiger partial charge in [-0.3, -0.25) is 9.97 Å². The molecule has 0 atom stereocenters. The van der Waals surface area contributed by atoms with Crippen LogP contribution in [0.15, 0.2) is 73.3 Å². The summed E-state index contributed by atoms with van der Waals surface area (Å²) < 4.78 is 0. The van der Waals surface area contributed by atoms with Crippen molar-refractivity contribution in [1.82, 2.24) is 9.97 Å². The third kappa shape index (κ3) is 4.06. The molecule has 2 heterocycles. The second-order valence-electron chi connectivity index (χ2n) is 5.00. The second kappa shape index (κ2) is 7.22. The van der Waals surface area contributed by atoms with Crippen molar-refractivity contribution in [3.05, 3.63) is 84.4 Å². The first-order chi connectivity index (χ1) is 10.9. The van der Waals surface area contributed by atoms with Crippen LogP contribution in [0.1, 0.15) is 11.1 Å². The normalized spacial score (nSPS) is 10.2. The minimum atomic E-state index is 0.799. The number of anilines is 2. The molecule has 22 heavy (non-hydrogen) atoms. The van der Waals surface area contributed by atoms with E-state index >= 15 is 0 Å². The van der Waals surface area contributed by atoms with Crippen LogP contribution in [0.25, 0.3) is 0 Å². The first kappa shape index (κ1) is 14.1. The van der Waals surface area contributed by atoms with Gasteiger partial charge in [0.2, 0.25) is 0 Å². The lowest BCUT2D eigenvalue weighted by atomic mass is 10.1. The highest BCUT2D eigenvalue weighted by molar-refractivity contribution is 5.43. The summed E-state index contributed by atoms with van der Waals surface area (Å²) >= 11 is 0. The molecule has 0 radical (unpaired) electrons. The molecule has 0 aliphatic carbocycles. The molecule has 4 heteroatoms. The van der Waals surface area contributed by atoms with Gasteiger partial charge >= 0.3 is 0 Å². The average Bonchev–Trinajstić information content (AvgIpc) is 2.60. The largest absolute Gasteiger partial charge is 0.381 e. The molecule has 0 saturated heterocycles. The summed E-state index contributed by atoms with van der Waals surface area (Å²) in [6.45, 7) is 1.60. The molecule has 2 N–H and O–H groups in total. The van der Waals surface area contributed by atoms with Crippen molar-refractivity contribution in [3.63, 3.8) is 0 Å². The van der Waals surface area contributed by atoms with Crippen LogP contribution >= 0.6 is 0 Å². The molecule has 1 aromatic carbocycles. The fraction of sp³-hybridized carbons (Fsp3) is 0.111. The van der Waals surface area contributed by atoms with Gasteiger partial charge in [0.1, 0.15) is 0 Å². The molecule has 0 spiro atoms. The van der Waals surface area contributed by atoms with E-state index in [4.69, 9.17) is 0 Å². The lowest BCUT2D eigenvalue weighted by Crippen LogP contribution is -2.02. The van der Waals surface area contributed by atoms with Crippen molar-refractivity contribution in [2.24, 2.45) is 0 Å². The summed E-state index contributed by atoms with van der Waals surface area (Å²) in [4.78, 5) is 8.03. The molecule has 110 valence electrons. The maximum Gasteiger partial charge on any atom is 0.0400 e. The Morgan fingerprint density at radius 3 is 1.55 bits per heavy atom. The molecular formula is C18H18N4. The van der Waals surface area contributed by atoms with E-state index in [1.54, 1.807) is 24.8 Å². The van der Waals surface area contributed by atoms with Gasteiger partial charge in [-0.1, -0.05) is 24.3 Å². The molecule has 0 unspecified atom stereocenters. The molecule has 0 saturated carbocycles. The van der Waals surface area contributed by atoms with E-state index in [0.29, 0.717) is 0 Å². The minimum Gasteiger partial charge on any atom is -0.381 e. The van der Waals surface area contributed by atoms with Gasteiger partial charge in [0, 0.05) is 49.3 Å². The number of pyridine rings is 2. The smallest absolute Gasteiger partial charge is 0.0400 e. The molecule has 2 aromatic heterocycles. The Balaban J connectivity index is 1.58. The number of aromatic nitrogens is 2. The van der Waals surface area contributed by atoms with E-state index in [9.17, 15) is 0 Å². The zero-order chi connectivity index (χ0) is 15.0. The van der Waals surface area contributed by atoms with Gasteiger partial charge in [-0.25, -0.2) is 0 Å². The summed E-state index contributed by atoms with van der Waals surface area (Å²) in [5.41, 5.74) is 4.67. The molecule has 0 aliphatic rings. The van der Waals surface area contributed by atoms with Crippen LogP contribution in [0.2, 0.25) is 0 Å². The van der Waals surface area contributed by atoms with Crippen LogP contribution in [0, 0.1) is 0 Å². The number of nitrogens with zero attached hydrogens (tertiary/aromatic N) is 2. The van der Waals surface area contributed by atoms with E-state index in [1.807, 2.05) is 24.3 Å². The van der Waals surface area contributed by atoms with Gasteiger partial charge in [-0.05, 0) is 35.4 Å². The molecule has 0 bridgehead atoms. The molecule has 3 aromatic rings. The Hall–Kier alpha value is -2.88. The molecule has 0 aliphatic heterocycles. The van der Waals surface area contributed by atoms with E-state index in [1.165, 1.54) is 11.1 Å². The molecule has 0 fully saturated rings. The Labute approximate surface area is 130 Å². The van der Waals surface area contributed by atoms with Crippen molar-refractivity contribution in [3.8, 4) is 0 Å². The number of hydrogen-bond acceptors (Lipinski definition) is 4. The van der Waals surface area contributed by atoms with Crippen LogP contribution in [-0.2, 0) is 13.1 Å². The van der Waals surface area contributed by atoms with Gasteiger partial charge in [-0.15, -0.1) is 0 Å². The first-order valence-corrected chi connectivity index (χ1v) is 7.26. The quantitative estimate of drug-likeness (QED) is 0.727. The molecule has 4 nitrogen and oxygen atoms in total. The van der Waals surface area contributed by atoms with Gasteiger partial charge in [0.15, 0.2) is 0 Å². The van der Waals surface area contributed by atoms with Gasteiger partial charge < -0.3 is 10.6 Å². The van der Waals surface area contributed by atoms with Crippen molar-refractivity contribution >= 4 is 11.4 Å².